The molecule has 0 saturated carbocycles. The number of carbonyl (C=O) groups is 1. The van der Waals surface area contributed by atoms with Crippen LogP contribution in [0.4, 0.5) is 8.78 Å². The fraction of sp³-hybridized carbons (Fsp3) is 0.333. The van der Waals surface area contributed by atoms with Crippen LogP contribution in [0.2, 0.25) is 0 Å². The first-order chi connectivity index (χ1) is 10.1. The second kappa shape index (κ2) is 6.97. The zero-order chi connectivity index (χ0) is 15.2. The Morgan fingerprint density at radius 1 is 1.33 bits per heavy atom. The van der Waals surface area contributed by atoms with Crippen LogP contribution in [0.1, 0.15) is 30.3 Å². The number of nitrogens with one attached hydrogen (secondary N) is 2. The van der Waals surface area contributed by atoms with Crippen LogP contribution in [0.3, 0.4) is 0 Å². The van der Waals surface area contributed by atoms with Gasteiger partial charge >= 0.3 is 0 Å². The number of benzene rings is 1. The molecule has 0 radical (unpaired) electrons. The second-order valence-electron chi connectivity index (χ2n) is 4.75. The molecule has 2 rings (SSSR count). The Bertz CT molecular complexity index is 625. The predicted molar refractivity (Wildman–Crippen MR) is 74.5 cm³/mol. The van der Waals surface area contributed by atoms with Crippen molar-refractivity contribution >= 4 is 5.91 Å². The molecule has 0 aliphatic carbocycles. The topological polar surface area (TPSA) is 57.8 Å². The van der Waals surface area contributed by atoms with Crippen LogP contribution in [0.15, 0.2) is 24.3 Å². The lowest BCUT2D eigenvalue weighted by molar-refractivity contribution is -0.121. The summed E-state index contributed by atoms with van der Waals surface area (Å²) in [6, 6.07) is 5.12. The van der Waals surface area contributed by atoms with Crippen molar-refractivity contribution in [3.63, 3.8) is 0 Å². The molecule has 0 fully saturated rings. The number of halogens is 2. The zero-order valence-electron chi connectivity index (χ0n) is 11.7. The Labute approximate surface area is 121 Å². The van der Waals surface area contributed by atoms with Crippen molar-refractivity contribution in [3.8, 4) is 0 Å². The number of H-pyrrole nitrogens is 1. The number of amides is 1. The minimum atomic E-state index is -0.503. The summed E-state index contributed by atoms with van der Waals surface area (Å²) >= 11 is 0. The molecule has 0 bridgehead atoms. The van der Waals surface area contributed by atoms with Gasteiger partial charge in [-0.3, -0.25) is 9.89 Å². The number of rotatable bonds is 6. The van der Waals surface area contributed by atoms with Crippen molar-refractivity contribution < 1.29 is 13.6 Å². The molecule has 0 spiro atoms. The number of carbonyl (C=O) groups excluding carboxylic acids is 1. The Balaban J connectivity index is 1.80. The lowest BCUT2D eigenvalue weighted by atomic mass is 10.1. The molecule has 6 heteroatoms. The molecule has 0 aliphatic heterocycles. The first kappa shape index (κ1) is 15.2. The average Bonchev–Trinajstić information content (AvgIpc) is 2.94. The van der Waals surface area contributed by atoms with Gasteiger partial charge in [0.2, 0.25) is 5.91 Å². The average molecular weight is 293 g/mol. The van der Waals surface area contributed by atoms with Crippen molar-refractivity contribution in [1.29, 1.82) is 0 Å². The van der Waals surface area contributed by atoms with E-state index in [1.165, 1.54) is 0 Å². The molecule has 2 N–H and O–H groups in total. The first-order valence-corrected chi connectivity index (χ1v) is 6.82. The zero-order valence-corrected chi connectivity index (χ0v) is 11.7. The summed E-state index contributed by atoms with van der Waals surface area (Å²) in [6.07, 6.45) is 1.09. The number of aromatic amines is 1. The number of hydrogen-bond donors (Lipinski definition) is 2. The van der Waals surface area contributed by atoms with E-state index in [1.54, 1.807) is 0 Å². The van der Waals surface area contributed by atoms with Crippen molar-refractivity contribution in [2.45, 2.75) is 32.7 Å². The molecule has 2 aromatic rings. The summed E-state index contributed by atoms with van der Waals surface area (Å²) in [4.78, 5) is 11.7. The SMILES string of the molecule is CCc1cc(CNC(=O)CCc2cc(F)ccc2F)[nH]n1. The summed E-state index contributed by atoms with van der Waals surface area (Å²) in [6.45, 7) is 2.34. The molecule has 0 atom stereocenters. The number of hydrogen-bond acceptors (Lipinski definition) is 2. The normalized spacial score (nSPS) is 10.6. The minimum Gasteiger partial charge on any atom is -0.350 e. The Kier molecular flexibility index (Phi) is 5.03. The molecule has 4 nitrogen and oxygen atoms in total. The van der Waals surface area contributed by atoms with Gasteiger partial charge in [0.1, 0.15) is 11.6 Å². The summed E-state index contributed by atoms with van der Waals surface area (Å²) in [5.41, 5.74) is 1.96. The highest BCUT2D eigenvalue weighted by molar-refractivity contribution is 5.76. The van der Waals surface area contributed by atoms with Gasteiger partial charge in [-0.15, -0.1) is 0 Å². The van der Waals surface area contributed by atoms with Crippen LogP contribution in [-0.4, -0.2) is 16.1 Å². The number of aromatic nitrogens is 2. The monoisotopic (exact) mass is 293 g/mol. The van der Waals surface area contributed by atoms with Crippen molar-refractivity contribution in [2.24, 2.45) is 0 Å². The second-order valence-corrected chi connectivity index (χ2v) is 4.75. The molecular formula is C15H17F2N3O. The van der Waals surface area contributed by atoms with Gasteiger partial charge < -0.3 is 5.32 Å². The van der Waals surface area contributed by atoms with Gasteiger partial charge in [-0.2, -0.15) is 5.10 Å². The van der Waals surface area contributed by atoms with Gasteiger partial charge in [0.25, 0.3) is 0 Å². The van der Waals surface area contributed by atoms with E-state index in [2.05, 4.69) is 15.5 Å². The maximum absolute atomic E-state index is 13.4. The van der Waals surface area contributed by atoms with Crippen molar-refractivity contribution in [2.75, 3.05) is 0 Å². The minimum absolute atomic E-state index is 0.106. The fourth-order valence-corrected chi connectivity index (χ4v) is 1.95. The highest BCUT2D eigenvalue weighted by Gasteiger charge is 2.08. The third kappa shape index (κ3) is 4.37. The maximum atomic E-state index is 13.4. The van der Waals surface area contributed by atoms with Crippen LogP contribution >= 0.6 is 0 Å². The lowest BCUT2D eigenvalue weighted by Crippen LogP contribution is -2.23. The van der Waals surface area contributed by atoms with E-state index in [1.807, 2.05) is 13.0 Å². The highest BCUT2D eigenvalue weighted by Crippen LogP contribution is 2.11. The maximum Gasteiger partial charge on any atom is 0.220 e. The molecule has 1 amide bonds. The van der Waals surface area contributed by atoms with Crippen LogP contribution in [0, 0.1) is 11.6 Å². The van der Waals surface area contributed by atoms with Crippen molar-refractivity contribution in [3.05, 3.63) is 52.9 Å². The standard InChI is InChI=1S/C15H17F2N3O/c1-2-12-8-13(20-19-12)9-18-15(21)6-3-10-7-11(16)4-5-14(10)17/h4-5,7-8H,2-3,6,9H2,1H3,(H,18,21)(H,19,20). The molecular weight excluding hydrogens is 276 g/mol. The van der Waals surface area contributed by atoms with E-state index in [-0.39, 0.29) is 24.3 Å². The van der Waals surface area contributed by atoms with Crippen LogP contribution in [-0.2, 0) is 24.2 Å². The van der Waals surface area contributed by atoms with E-state index >= 15 is 0 Å². The van der Waals surface area contributed by atoms with Gasteiger partial charge in [0.05, 0.1) is 17.9 Å². The molecule has 1 aromatic heterocycles. The molecule has 0 saturated heterocycles. The van der Waals surface area contributed by atoms with E-state index < -0.39 is 11.6 Å². The van der Waals surface area contributed by atoms with Gasteiger partial charge in [0.15, 0.2) is 0 Å². The van der Waals surface area contributed by atoms with Crippen LogP contribution in [0.25, 0.3) is 0 Å². The van der Waals surface area contributed by atoms with Gasteiger partial charge in [-0.25, -0.2) is 8.78 Å². The summed E-state index contributed by atoms with van der Waals surface area (Å²) < 4.78 is 26.4. The quantitative estimate of drug-likeness (QED) is 0.859. The third-order valence-electron chi connectivity index (χ3n) is 3.15. The molecule has 0 aliphatic rings. The molecule has 0 unspecified atom stereocenters. The predicted octanol–water partition coefficient (Wildman–Crippen LogP) is 2.50. The highest BCUT2D eigenvalue weighted by atomic mass is 19.1. The molecule has 1 heterocycles. The summed E-state index contributed by atoms with van der Waals surface area (Å²) in [5, 5.41) is 9.60. The van der Waals surface area contributed by atoms with Crippen LogP contribution in [0.5, 0.6) is 0 Å². The van der Waals surface area contributed by atoms with Crippen molar-refractivity contribution in [1.82, 2.24) is 15.5 Å². The Morgan fingerprint density at radius 3 is 2.86 bits per heavy atom. The smallest absolute Gasteiger partial charge is 0.220 e. The van der Waals surface area contributed by atoms with E-state index in [0.717, 1.165) is 36.0 Å². The molecule has 112 valence electrons. The van der Waals surface area contributed by atoms with Gasteiger partial charge in [-0.1, -0.05) is 6.92 Å². The Hall–Kier alpha value is -2.24. The lowest BCUT2D eigenvalue weighted by Gasteiger charge is -2.05. The summed E-state index contributed by atoms with van der Waals surface area (Å²) in [5.74, 6) is -1.21. The third-order valence-corrected chi connectivity index (χ3v) is 3.15. The Morgan fingerprint density at radius 2 is 2.14 bits per heavy atom. The van der Waals surface area contributed by atoms with E-state index in [9.17, 15) is 13.6 Å². The van der Waals surface area contributed by atoms with E-state index in [4.69, 9.17) is 0 Å². The number of aryl methyl sites for hydroxylation is 2. The summed E-state index contributed by atoms with van der Waals surface area (Å²) in [7, 11) is 0. The number of nitrogens with zero attached hydrogens (tertiary/aromatic N) is 1. The first-order valence-electron chi connectivity index (χ1n) is 6.82. The van der Waals surface area contributed by atoms with Gasteiger partial charge in [0, 0.05) is 6.42 Å². The van der Waals surface area contributed by atoms with Gasteiger partial charge in [-0.05, 0) is 42.7 Å². The molecule has 1 aromatic carbocycles. The fourth-order valence-electron chi connectivity index (χ4n) is 1.95. The molecule has 21 heavy (non-hydrogen) atoms. The van der Waals surface area contributed by atoms with E-state index in [0.29, 0.717) is 6.54 Å². The van der Waals surface area contributed by atoms with Crippen LogP contribution < -0.4 is 5.32 Å². The largest absolute Gasteiger partial charge is 0.350 e.